The molecule has 0 nitrogen and oxygen atoms in total. The van der Waals surface area contributed by atoms with Crippen molar-refractivity contribution in [2.75, 3.05) is 0 Å². The lowest BCUT2D eigenvalue weighted by atomic mass is 9.99. The SMILES string of the molecule is CCC(=CCCC(C)CC=C(C)C)CC. The third-order valence-corrected chi connectivity index (χ3v) is 2.93. The Morgan fingerprint density at radius 1 is 1.07 bits per heavy atom. The first-order chi connectivity index (χ1) is 7.10. The van der Waals surface area contributed by atoms with E-state index in [1.54, 1.807) is 5.57 Å². The fraction of sp³-hybridized carbons (Fsp3) is 0.733. The molecule has 0 aromatic heterocycles. The summed E-state index contributed by atoms with van der Waals surface area (Å²) in [7, 11) is 0. The van der Waals surface area contributed by atoms with Gasteiger partial charge in [0, 0.05) is 0 Å². The summed E-state index contributed by atoms with van der Waals surface area (Å²) >= 11 is 0. The van der Waals surface area contributed by atoms with Gasteiger partial charge in [0.15, 0.2) is 0 Å². The quantitative estimate of drug-likeness (QED) is 0.484. The Hall–Kier alpha value is -0.520. The predicted octanol–water partition coefficient (Wildman–Crippen LogP) is 5.51. The summed E-state index contributed by atoms with van der Waals surface area (Å²) in [5, 5.41) is 0. The van der Waals surface area contributed by atoms with Crippen LogP contribution >= 0.6 is 0 Å². The Labute approximate surface area is 96.5 Å². The molecule has 0 bridgehead atoms. The van der Waals surface area contributed by atoms with Crippen molar-refractivity contribution in [1.82, 2.24) is 0 Å². The maximum atomic E-state index is 2.44. The van der Waals surface area contributed by atoms with Crippen LogP contribution in [0, 0.1) is 5.92 Å². The lowest BCUT2D eigenvalue weighted by Crippen LogP contribution is -1.92. The summed E-state index contributed by atoms with van der Waals surface area (Å²) in [6.07, 6.45) is 11.1. The van der Waals surface area contributed by atoms with Gasteiger partial charge in [0.1, 0.15) is 0 Å². The molecule has 0 saturated heterocycles. The van der Waals surface area contributed by atoms with E-state index in [0.29, 0.717) is 0 Å². The summed E-state index contributed by atoms with van der Waals surface area (Å²) in [6, 6.07) is 0. The normalized spacial score (nSPS) is 12.1. The standard InChI is InChI=1S/C15H28/c1-6-15(7-2)10-8-9-14(5)12-11-13(3)4/h10-11,14H,6-9,12H2,1-5H3. The van der Waals surface area contributed by atoms with E-state index in [0.717, 1.165) is 5.92 Å². The van der Waals surface area contributed by atoms with Crippen molar-refractivity contribution >= 4 is 0 Å². The lowest BCUT2D eigenvalue weighted by Gasteiger charge is -2.07. The predicted molar refractivity (Wildman–Crippen MR) is 71.1 cm³/mol. The number of allylic oxidation sites excluding steroid dienone is 4. The molecule has 0 fully saturated rings. The monoisotopic (exact) mass is 208 g/mol. The van der Waals surface area contributed by atoms with Crippen molar-refractivity contribution in [3.05, 3.63) is 23.3 Å². The van der Waals surface area contributed by atoms with Crippen LogP contribution < -0.4 is 0 Å². The van der Waals surface area contributed by atoms with Gasteiger partial charge in [0.2, 0.25) is 0 Å². The molecule has 0 aromatic rings. The second-order valence-electron chi connectivity index (χ2n) is 4.77. The van der Waals surface area contributed by atoms with Gasteiger partial charge in [-0.1, -0.05) is 44.1 Å². The molecule has 1 atom stereocenters. The highest BCUT2D eigenvalue weighted by Crippen LogP contribution is 2.15. The van der Waals surface area contributed by atoms with E-state index in [4.69, 9.17) is 0 Å². The van der Waals surface area contributed by atoms with E-state index >= 15 is 0 Å². The Morgan fingerprint density at radius 3 is 2.13 bits per heavy atom. The smallest absolute Gasteiger partial charge is 0.0322 e. The van der Waals surface area contributed by atoms with Gasteiger partial charge in [-0.05, 0) is 51.9 Å². The van der Waals surface area contributed by atoms with Crippen molar-refractivity contribution in [2.45, 2.75) is 66.7 Å². The third-order valence-electron chi connectivity index (χ3n) is 2.93. The van der Waals surface area contributed by atoms with Crippen LogP contribution in [0.25, 0.3) is 0 Å². The molecule has 0 heteroatoms. The minimum absolute atomic E-state index is 0.825. The summed E-state index contributed by atoms with van der Waals surface area (Å²) < 4.78 is 0. The van der Waals surface area contributed by atoms with Gasteiger partial charge >= 0.3 is 0 Å². The molecule has 0 amide bonds. The zero-order valence-corrected chi connectivity index (χ0v) is 11.3. The average Bonchev–Trinajstić information content (AvgIpc) is 2.21. The van der Waals surface area contributed by atoms with Crippen molar-refractivity contribution in [3.8, 4) is 0 Å². The van der Waals surface area contributed by atoms with E-state index in [-0.39, 0.29) is 0 Å². The molecule has 0 spiro atoms. The van der Waals surface area contributed by atoms with Crippen LogP contribution in [0.15, 0.2) is 23.3 Å². The minimum Gasteiger partial charge on any atom is -0.0856 e. The summed E-state index contributed by atoms with van der Waals surface area (Å²) in [5.41, 5.74) is 3.06. The van der Waals surface area contributed by atoms with E-state index in [2.05, 4.69) is 46.8 Å². The molecule has 0 aliphatic rings. The zero-order valence-electron chi connectivity index (χ0n) is 11.3. The number of hydrogen-bond acceptors (Lipinski definition) is 0. The fourth-order valence-electron chi connectivity index (χ4n) is 1.67. The molecular weight excluding hydrogens is 180 g/mol. The molecule has 15 heavy (non-hydrogen) atoms. The molecule has 0 aliphatic heterocycles. The van der Waals surface area contributed by atoms with Gasteiger partial charge in [-0.15, -0.1) is 0 Å². The van der Waals surface area contributed by atoms with Crippen LogP contribution in [-0.4, -0.2) is 0 Å². The summed E-state index contributed by atoms with van der Waals surface area (Å²) in [6.45, 7) is 11.2. The topological polar surface area (TPSA) is 0 Å². The Morgan fingerprint density at radius 2 is 1.67 bits per heavy atom. The number of rotatable bonds is 7. The molecule has 0 radical (unpaired) electrons. The fourth-order valence-corrected chi connectivity index (χ4v) is 1.67. The van der Waals surface area contributed by atoms with Crippen LogP contribution in [0.3, 0.4) is 0 Å². The van der Waals surface area contributed by atoms with E-state index in [9.17, 15) is 0 Å². The van der Waals surface area contributed by atoms with Crippen LogP contribution in [0.2, 0.25) is 0 Å². The second kappa shape index (κ2) is 8.76. The largest absolute Gasteiger partial charge is 0.0856 e. The van der Waals surface area contributed by atoms with Crippen LogP contribution in [-0.2, 0) is 0 Å². The summed E-state index contributed by atoms with van der Waals surface area (Å²) in [5.74, 6) is 0.825. The van der Waals surface area contributed by atoms with Crippen molar-refractivity contribution in [3.63, 3.8) is 0 Å². The van der Waals surface area contributed by atoms with E-state index in [1.165, 1.54) is 37.7 Å². The highest BCUT2D eigenvalue weighted by atomic mass is 14.0. The molecule has 0 aromatic carbocycles. The number of hydrogen-bond donors (Lipinski definition) is 0. The molecule has 0 aliphatic carbocycles. The maximum absolute atomic E-state index is 2.44. The van der Waals surface area contributed by atoms with Gasteiger partial charge in [0.05, 0.1) is 0 Å². The molecule has 1 unspecified atom stereocenters. The molecule has 88 valence electrons. The Balaban J connectivity index is 3.75. The van der Waals surface area contributed by atoms with Gasteiger partial charge in [0.25, 0.3) is 0 Å². The van der Waals surface area contributed by atoms with Crippen LogP contribution in [0.4, 0.5) is 0 Å². The molecule has 0 rings (SSSR count). The second-order valence-corrected chi connectivity index (χ2v) is 4.77. The molecule has 0 N–H and O–H groups in total. The molecule has 0 saturated carbocycles. The molecular formula is C15H28. The first-order valence-corrected chi connectivity index (χ1v) is 6.41. The van der Waals surface area contributed by atoms with Crippen molar-refractivity contribution < 1.29 is 0 Å². The Bertz CT molecular complexity index is 198. The average molecular weight is 208 g/mol. The zero-order chi connectivity index (χ0) is 11.7. The minimum atomic E-state index is 0.825. The van der Waals surface area contributed by atoms with E-state index in [1.807, 2.05) is 0 Å². The molecule has 0 heterocycles. The van der Waals surface area contributed by atoms with Crippen molar-refractivity contribution in [1.29, 1.82) is 0 Å². The van der Waals surface area contributed by atoms with Gasteiger partial charge < -0.3 is 0 Å². The Kier molecular flexibility index (Phi) is 8.46. The van der Waals surface area contributed by atoms with Gasteiger partial charge in [-0.25, -0.2) is 0 Å². The first kappa shape index (κ1) is 14.5. The summed E-state index contributed by atoms with van der Waals surface area (Å²) in [4.78, 5) is 0. The van der Waals surface area contributed by atoms with Crippen LogP contribution in [0.1, 0.15) is 66.7 Å². The van der Waals surface area contributed by atoms with Gasteiger partial charge in [-0.2, -0.15) is 0 Å². The highest BCUT2D eigenvalue weighted by molar-refractivity contribution is 5.00. The first-order valence-electron chi connectivity index (χ1n) is 6.41. The van der Waals surface area contributed by atoms with E-state index < -0.39 is 0 Å². The lowest BCUT2D eigenvalue weighted by molar-refractivity contribution is 0.544. The van der Waals surface area contributed by atoms with Gasteiger partial charge in [-0.3, -0.25) is 0 Å². The third kappa shape index (κ3) is 8.47. The van der Waals surface area contributed by atoms with Crippen LogP contribution in [0.5, 0.6) is 0 Å². The maximum Gasteiger partial charge on any atom is -0.0322 e. The van der Waals surface area contributed by atoms with Crippen molar-refractivity contribution in [2.24, 2.45) is 5.92 Å². The highest BCUT2D eigenvalue weighted by Gasteiger charge is 1.98.